The maximum Gasteiger partial charge on any atom is 0.259 e. The molecule has 3 rings (SSSR count). The number of amides is 2. The fourth-order valence-corrected chi connectivity index (χ4v) is 2.85. The third-order valence-electron chi connectivity index (χ3n) is 3.97. The van der Waals surface area contributed by atoms with Crippen molar-refractivity contribution in [2.75, 3.05) is 6.54 Å². The maximum atomic E-state index is 11.9. The van der Waals surface area contributed by atoms with Gasteiger partial charge in [-0.1, -0.05) is 46.3 Å². The Hall–Kier alpha value is -3.65. The first-order chi connectivity index (χ1) is 15.1. The van der Waals surface area contributed by atoms with Crippen LogP contribution in [0.25, 0.3) is 6.08 Å². The standard InChI is InChI=1S/C23H20BrN3O4/c24-19-8-10-21(31-16-17-5-2-1-3-6-17)18(13-19)14-26-27-23(29)15-25-22(28)11-9-20-7-4-12-30-20/h1-14H,15-16H2,(H,25,28)(H,27,29)/b11-9-,26-14-. The van der Waals surface area contributed by atoms with Crippen molar-refractivity contribution in [3.05, 3.63) is 94.4 Å². The lowest BCUT2D eigenvalue weighted by molar-refractivity contribution is -0.123. The van der Waals surface area contributed by atoms with Gasteiger partial charge < -0.3 is 14.5 Å². The quantitative estimate of drug-likeness (QED) is 0.275. The number of hydrogen-bond acceptors (Lipinski definition) is 5. The number of halogens is 1. The Bertz CT molecular complexity index is 1060. The third-order valence-corrected chi connectivity index (χ3v) is 4.46. The molecule has 0 aliphatic carbocycles. The molecule has 158 valence electrons. The lowest BCUT2D eigenvalue weighted by Gasteiger charge is -2.09. The van der Waals surface area contributed by atoms with Crippen molar-refractivity contribution in [3.8, 4) is 5.75 Å². The van der Waals surface area contributed by atoms with Crippen molar-refractivity contribution in [1.82, 2.24) is 10.7 Å². The number of nitrogens with zero attached hydrogens (tertiary/aromatic N) is 1. The van der Waals surface area contributed by atoms with Gasteiger partial charge in [-0.05, 0) is 42.0 Å². The highest BCUT2D eigenvalue weighted by molar-refractivity contribution is 9.10. The molecule has 0 spiro atoms. The monoisotopic (exact) mass is 481 g/mol. The Morgan fingerprint density at radius 2 is 1.94 bits per heavy atom. The van der Waals surface area contributed by atoms with Crippen molar-refractivity contribution in [2.45, 2.75) is 6.61 Å². The van der Waals surface area contributed by atoms with Crippen LogP contribution in [0.1, 0.15) is 16.9 Å². The van der Waals surface area contributed by atoms with Crippen molar-refractivity contribution < 1.29 is 18.7 Å². The van der Waals surface area contributed by atoms with Crippen molar-refractivity contribution >= 4 is 40.0 Å². The predicted octanol–water partition coefficient (Wildman–Crippen LogP) is 3.90. The van der Waals surface area contributed by atoms with Crippen LogP contribution in [0.2, 0.25) is 0 Å². The average molecular weight is 482 g/mol. The SMILES string of the molecule is O=C(/C=C\c1ccco1)NCC(=O)N/N=C\c1cc(Br)ccc1OCc1ccccc1. The lowest BCUT2D eigenvalue weighted by Crippen LogP contribution is -2.34. The zero-order valence-corrected chi connectivity index (χ0v) is 18.0. The van der Waals surface area contributed by atoms with Gasteiger partial charge in [0.05, 0.1) is 19.0 Å². The smallest absolute Gasteiger partial charge is 0.259 e. The summed E-state index contributed by atoms with van der Waals surface area (Å²) < 4.78 is 11.8. The zero-order valence-electron chi connectivity index (χ0n) is 16.5. The molecular formula is C23H20BrN3O4. The van der Waals surface area contributed by atoms with E-state index >= 15 is 0 Å². The number of ether oxygens (including phenoxy) is 1. The van der Waals surface area contributed by atoms with Crippen LogP contribution in [-0.4, -0.2) is 24.6 Å². The van der Waals surface area contributed by atoms with Gasteiger partial charge in [0.15, 0.2) is 0 Å². The van der Waals surface area contributed by atoms with E-state index in [-0.39, 0.29) is 6.54 Å². The van der Waals surface area contributed by atoms with Crippen LogP contribution in [-0.2, 0) is 16.2 Å². The summed E-state index contributed by atoms with van der Waals surface area (Å²) in [6, 6.07) is 18.7. The molecule has 7 nitrogen and oxygen atoms in total. The van der Waals surface area contributed by atoms with E-state index in [0.29, 0.717) is 23.7 Å². The number of hydrogen-bond donors (Lipinski definition) is 2. The first kappa shape index (κ1) is 22.0. The van der Waals surface area contributed by atoms with Gasteiger partial charge in [-0.3, -0.25) is 9.59 Å². The van der Waals surface area contributed by atoms with Crippen molar-refractivity contribution in [2.24, 2.45) is 5.10 Å². The zero-order chi connectivity index (χ0) is 21.9. The third kappa shape index (κ3) is 7.60. The normalized spacial score (nSPS) is 11.0. The lowest BCUT2D eigenvalue weighted by atomic mass is 10.2. The number of carbonyl (C=O) groups is 2. The minimum absolute atomic E-state index is 0.214. The summed E-state index contributed by atoms with van der Waals surface area (Å²) in [4.78, 5) is 23.6. The van der Waals surface area contributed by atoms with E-state index in [9.17, 15) is 9.59 Å². The Kier molecular flexibility index (Phi) is 8.19. The molecule has 8 heteroatoms. The highest BCUT2D eigenvalue weighted by atomic mass is 79.9. The number of nitrogens with one attached hydrogen (secondary N) is 2. The second-order valence-electron chi connectivity index (χ2n) is 6.32. The fourth-order valence-electron chi connectivity index (χ4n) is 2.47. The van der Waals surface area contributed by atoms with Crippen LogP contribution < -0.4 is 15.5 Å². The summed E-state index contributed by atoms with van der Waals surface area (Å²) in [6.45, 7) is 0.196. The molecule has 3 aromatic rings. The van der Waals surface area contributed by atoms with Gasteiger partial charge in [-0.15, -0.1) is 0 Å². The number of furan rings is 1. The molecule has 0 saturated carbocycles. The number of rotatable bonds is 9. The van der Waals surface area contributed by atoms with Crippen LogP contribution in [0.3, 0.4) is 0 Å². The largest absolute Gasteiger partial charge is 0.488 e. The van der Waals surface area contributed by atoms with Gasteiger partial charge in [0.2, 0.25) is 5.91 Å². The van der Waals surface area contributed by atoms with E-state index in [1.165, 1.54) is 24.6 Å². The molecule has 0 atom stereocenters. The van der Waals surface area contributed by atoms with Crippen LogP contribution in [0.4, 0.5) is 0 Å². The van der Waals surface area contributed by atoms with Crippen molar-refractivity contribution in [1.29, 1.82) is 0 Å². The first-order valence-electron chi connectivity index (χ1n) is 9.38. The van der Waals surface area contributed by atoms with Gasteiger partial charge >= 0.3 is 0 Å². The molecule has 0 aliphatic rings. The minimum atomic E-state index is -0.460. The molecular weight excluding hydrogens is 462 g/mol. The highest BCUT2D eigenvalue weighted by Gasteiger charge is 2.05. The Morgan fingerprint density at radius 3 is 2.71 bits per heavy atom. The summed E-state index contributed by atoms with van der Waals surface area (Å²) in [5.41, 5.74) is 4.11. The first-order valence-corrected chi connectivity index (χ1v) is 10.2. The molecule has 31 heavy (non-hydrogen) atoms. The summed E-state index contributed by atoms with van der Waals surface area (Å²) in [5.74, 6) is 0.293. The predicted molar refractivity (Wildman–Crippen MR) is 121 cm³/mol. The molecule has 0 aliphatic heterocycles. The van der Waals surface area contributed by atoms with Crippen LogP contribution in [0.15, 0.2) is 87.0 Å². The molecule has 0 radical (unpaired) electrons. The van der Waals surface area contributed by atoms with Crippen molar-refractivity contribution in [3.63, 3.8) is 0 Å². The highest BCUT2D eigenvalue weighted by Crippen LogP contribution is 2.22. The van der Waals surface area contributed by atoms with Gasteiger partial charge in [0, 0.05) is 16.1 Å². The maximum absolute atomic E-state index is 11.9. The van der Waals surface area contributed by atoms with E-state index in [4.69, 9.17) is 9.15 Å². The Balaban J connectivity index is 1.49. The molecule has 2 N–H and O–H groups in total. The average Bonchev–Trinajstić information content (AvgIpc) is 3.30. The van der Waals surface area contributed by atoms with Crippen LogP contribution in [0.5, 0.6) is 5.75 Å². The summed E-state index contributed by atoms with van der Waals surface area (Å²) >= 11 is 3.42. The number of benzene rings is 2. The van der Waals surface area contributed by atoms with E-state index in [1.54, 1.807) is 12.1 Å². The Labute approximate surface area is 187 Å². The molecule has 1 heterocycles. The molecule has 0 bridgehead atoms. The Morgan fingerprint density at radius 1 is 1.10 bits per heavy atom. The molecule has 2 amide bonds. The molecule has 1 aromatic heterocycles. The van der Waals surface area contributed by atoms with Crippen LogP contribution >= 0.6 is 15.9 Å². The van der Waals surface area contributed by atoms with E-state index in [1.807, 2.05) is 48.5 Å². The molecule has 2 aromatic carbocycles. The van der Waals surface area contributed by atoms with Crippen LogP contribution in [0, 0.1) is 0 Å². The van der Waals surface area contributed by atoms with E-state index in [2.05, 4.69) is 31.8 Å². The van der Waals surface area contributed by atoms with Gasteiger partial charge in [-0.25, -0.2) is 5.43 Å². The topological polar surface area (TPSA) is 92.9 Å². The molecule has 0 unspecified atom stereocenters. The second-order valence-corrected chi connectivity index (χ2v) is 7.23. The van der Waals surface area contributed by atoms with Gasteiger partial charge in [0.1, 0.15) is 18.1 Å². The van der Waals surface area contributed by atoms with E-state index in [0.717, 1.165) is 10.0 Å². The minimum Gasteiger partial charge on any atom is -0.488 e. The summed E-state index contributed by atoms with van der Waals surface area (Å²) in [6.07, 6.45) is 5.79. The molecule has 0 fully saturated rings. The second kappa shape index (κ2) is 11.5. The van der Waals surface area contributed by atoms with E-state index < -0.39 is 11.8 Å². The summed E-state index contributed by atoms with van der Waals surface area (Å²) in [7, 11) is 0. The number of carbonyl (C=O) groups excluding carboxylic acids is 2. The van der Waals surface area contributed by atoms with Gasteiger partial charge in [-0.2, -0.15) is 5.10 Å². The van der Waals surface area contributed by atoms with Gasteiger partial charge in [0.25, 0.3) is 5.91 Å². The number of hydrazone groups is 1. The molecule has 0 saturated heterocycles. The summed E-state index contributed by atoms with van der Waals surface area (Å²) in [5, 5.41) is 6.42. The fraction of sp³-hybridized carbons (Fsp3) is 0.0870.